The Kier molecular flexibility index (Phi) is 8.21. The maximum atomic E-state index is 13.3. The number of hydroxylamine groups is 1. The summed E-state index contributed by atoms with van der Waals surface area (Å²) in [5.74, 6) is -0.619. The Hall–Kier alpha value is -2.39. The first-order valence-electron chi connectivity index (χ1n) is 7.69. The van der Waals surface area contributed by atoms with Crippen LogP contribution in [0.1, 0.15) is 5.69 Å². The van der Waals surface area contributed by atoms with Gasteiger partial charge >= 0.3 is 6.18 Å². The molecular formula is C14H14BrF4N7O2S. The van der Waals surface area contributed by atoms with Crippen LogP contribution in [0.15, 0.2) is 42.3 Å². The van der Waals surface area contributed by atoms with Crippen LogP contribution in [0.25, 0.3) is 0 Å². The minimum Gasteiger partial charge on any atom is -0.370 e. The van der Waals surface area contributed by atoms with E-state index >= 15 is 0 Å². The zero-order valence-electron chi connectivity index (χ0n) is 14.4. The van der Waals surface area contributed by atoms with Gasteiger partial charge in [0.15, 0.2) is 22.5 Å². The summed E-state index contributed by atoms with van der Waals surface area (Å²) in [5.41, 5.74) is 7.60. The van der Waals surface area contributed by atoms with Crippen molar-refractivity contribution in [3.8, 4) is 0 Å². The number of nitrogens with two attached hydrogens (primary N) is 1. The van der Waals surface area contributed by atoms with Gasteiger partial charge in [0.25, 0.3) is 0 Å². The minimum atomic E-state index is -4.44. The van der Waals surface area contributed by atoms with Gasteiger partial charge < -0.3 is 11.1 Å². The Morgan fingerprint density at radius 3 is 2.76 bits per heavy atom. The third-order valence-corrected chi connectivity index (χ3v) is 4.57. The lowest BCUT2D eigenvalue weighted by Crippen LogP contribution is -2.34. The Bertz CT molecular complexity index is 891. The lowest BCUT2D eigenvalue weighted by atomic mass is 10.3. The summed E-state index contributed by atoms with van der Waals surface area (Å²) in [5, 5.41) is 19.5. The van der Waals surface area contributed by atoms with Crippen LogP contribution in [0, 0.1) is 5.82 Å². The molecule has 0 aliphatic heterocycles. The van der Waals surface area contributed by atoms with Gasteiger partial charge in [0.1, 0.15) is 12.4 Å². The number of nitrogens with one attached hydrogen (secondary N) is 2. The summed E-state index contributed by atoms with van der Waals surface area (Å²) < 4.78 is 54.3. The predicted octanol–water partition coefficient (Wildman–Crippen LogP) is 2.59. The Morgan fingerprint density at radius 2 is 2.10 bits per heavy atom. The molecular weight excluding hydrogens is 486 g/mol. The maximum Gasteiger partial charge on any atom is 0.408 e. The summed E-state index contributed by atoms with van der Waals surface area (Å²) in [6.07, 6.45) is -4.44. The Morgan fingerprint density at radius 1 is 1.34 bits per heavy atom. The SMILES string of the molecule is NC(=NCC(F)(F)F)NCCSc1nonc1C(=Nc1ccc(F)c(Br)c1)NO. The molecule has 158 valence electrons. The quantitative estimate of drug-likeness (QED) is 0.114. The van der Waals surface area contributed by atoms with E-state index in [-0.39, 0.29) is 33.5 Å². The molecule has 15 heteroatoms. The normalized spacial score (nSPS) is 12.9. The van der Waals surface area contributed by atoms with Crippen molar-refractivity contribution in [3.05, 3.63) is 34.2 Å². The molecule has 9 nitrogen and oxygen atoms in total. The lowest BCUT2D eigenvalue weighted by molar-refractivity contribution is -0.118. The van der Waals surface area contributed by atoms with Gasteiger partial charge in [0.2, 0.25) is 0 Å². The summed E-state index contributed by atoms with van der Waals surface area (Å²) in [6, 6.07) is 3.95. The summed E-state index contributed by atoms with van der Waals surface area (Å²) in [4.78, 5) is 7.27. The first kappa shape index (κ1) is 22.9. The van der Waals surface area contributed by atoms with E-state index in [0.29, 0.717) is 11.4 Å². The largest absolute Gasteiger partial charge is 0.408 e. The molecule has 0 aliphatic carbocycles. The van der Waals surface area contributed by atoms with E-state index < -0.39 is 18.5 Å². The number of hydrogen-bond acceptors (Lipinski definition) is 7. The number of rotatable bonds is 7. The number of benzene rings is 1. The molecule has 0 bridgehead atoms. The van der Waals surface area contributed by atoms with Crippen molar-refractivity contribution in [1.29, 1.82) is 0 Å². The van der Waals surface area contributed by atoms with Crippen molar-refractivity contribution < 1.29 is 27.4 Å². The van der Waals surface area contributed by atoms with Crippen molar-refractivity contribution >= 4 is 45.2 Å². The van der Waals surface area contributed by atoms with E-state index in [1.807, 2.05) is 5.48 Å². The Balaban J connectivity index is 1.98. The third kappa shape index (κ3) is 7.51. The summed E-state index contributed by atoms with van der Waals surface area (Å²) in [7, 11) is 0. The molecule has 5 N–H and O–H groups in total. The molecule has 0 fully saturated rings. The molecule has 2 rings (SSSR count). The number of guanidine groups is 1. The molecule has 0 saturated heterocycles. The van der Waals surface area contributed by atoms with Crippen LogP contribution in [0.2, 0.25) is 0 Å². The number of thioether (sulfide) groups is 1. The third-order valence-electron chi connectivity index (χ3n) is 3.01. The fourth-order valence-corrected chi connectivity index (χ4v) is 2.91. The summed E-state index contributed by atoms with van der Waals surface area (Å²) >= 11 is 4.15. The van der Waals surface area contributed by atoms with Gasteiger partial charge in [-0.25, -0.2) is 19.0 Å². The number of aromatic nitrogens is 2. The van der Waals surface area contributed by atoms with Gasteiger partial charge in [-0.1, -0.05) is 11.8 Å². The second-order valence-corrected chi connectivity index (χ2v) is 7.12. The predicted molar refractivity (Wildman–Crippen MR) is 101 cm³/mol. The van der Waals surface area contributed by atoms with Crippen molar-refractivity contribution in [2.24, 2.45) is 15.7 Å². The molecule has 1 heterocycles. The highest BCUT2D eigenvalue weighted by atomic mass is 79.9. The van der Waals surface area contributed by atoms with Crippen LogP contribution in [-0.4, -0.2) is 52.3 Å². The van der Waals surface area contributed by atoms with E-state index in [2.05, 4.69) is 46.2 Å². The van der Waals surface area contributed by atoms with Gasteiger partial charge in [0, 0.05) is 12.3 Å². The molecule has 0 unspecified atom stereocenters. The van der Waals surface area contributed by atoms with E-state index in [1.54, 1.807) is 0 Å². The first-order valence-corrected chi connectivity index (χ1v) is 9.47. The monoisotopic (exact) mass is 499 g/mol. The molecule has 29 heavy (non-hydrogen) atoms. The highest BCUT2D eigenvalue weighted by Crippen LogP contribution is 2.24. The van der Waals surface area contributed by atoms with Crippen molar-refractivity contribution in [1.82, 2.24) is 21.1 Å². The van der Waals surface area contributed by atoms with Crippen LogP contribution in [0.3, 0.4) is 0 Å². The summed E-state index contributed by atoms with van der Waals surface area (Å²) in [6.45, 7) is -1.20. The second-order valence-electron chi connectivity index (χ2n) is 5.18. The van der Waals surface area contributed by atoms with Gasteiger partial charge in [-0.3, -0.25) is 10.7 Å². The Labute approximate surface area is 173 Å². The topological polar surface area (TPSA) is 134 Å². The van der Waals surface area contributed by atoms with Gasteiger partial charge in [-0.15, -0.1) is 0 Å². The van der Waals surface area contributed by atoms with Crippen LogP contribution in [-0.2, 0) is 0 Å². The number of aliphatic imine (C=N–C) groups is 2. The van der Waals surface area contributed by atoms with E-state index in [4.69, 9.17) is 5.73 Å². The van der Waals surface area contributed by atoms with Gasteiger partial charge in [0.05, 0.1) is 10.2 Å². The molecule has 0 atom stereocenters. The average Bonchev–Trinajstić information content (AvgIpc) is 3.12. The van der Waals surface area contributed by atoms with Crippen molar-refractivity contribution in [2.45, 2.75) is 11.2 Å². The average molecular weight is 500 g/mol. The van der Waals surface area contributed by atoms with Gasteiger partial charge in [-0.2, -0.15) is 13.2 Å². The highest BCUT2D eigenvalue weighted by molar-refractivity contribution is 9.10. The van der Waals surface area contributed by atoms with E-state index in [0.717, 1.165) is 11.8 Å². The molecule has 0 spiro atoms. The zero-order chi connectivity index (χ0) is 21.4. The second kappa shape index (κ2) is 10.4. The minimum absolute atomic E-state index is 0.0802. The van der Waals surface area contributed by atoms with E-state index in [9.17, 15) is 22.8 Å². The van der Waals surface area contributed by atoms with Crippen LogP contribution in [0.4, 0.5) is 23.2 Å². The molecule has 0 aliphatic rings. The maximum absolute atomic E-state index is 13.3. The standard InChI is InChI=1S/C14H14BrF4N7O2S/c15-8-5-7(1-2-9(8)16)23-11(24-27)10-12(26-28-25-10)29-4-3-21-13(20)22-6-14(17,18)19/h1-2,5,27H,3-4,6H2,(H,23,24)(H3,20,21,22). The van der Waals surface area contributed by atoms with Crippen LogP contribution < -0.4 is 16.5 Å². The zero-order valence-corrected chi connectivity index (χ0v) is 16.8. The number of nitrogens with zero attached hydrogens (tertiary/aromatic N) is 4. The molecule has 2 aromatic rings. The number of halogens is 5. The fourth-order valence-electron chi connectivity index (χ4n) is 1.79. The van der Waals surface area contributed by atoms with Crippen LogP contribution in [0.5, 0.6) is 0 Å². The molecule has 0 saturated carbocycles. The van der Waals surface area contributed by atoms with Crippen molar-refractivity contribution in [3.63, 3.8) is 0 Å². The highest BCUT2D eigenvalue weighted by Gasteiger charge is 2.26. The molecule has 1 aromatic heterocycles. The number of hydrogen-bond donors (Lipinski definition) is 4. The first-order chi connectivity index (χ1) is 13.7. The fraction of sp³-hybridized carbons (Fsp3) is 0.286. The van der Waals surface area contributed by atoms with Gasteiger partial charge in [-0.05, 0) is 44.4 Å². The number of alkyl halides is 3. The molecule has 0 amide bonds. The van der Waals surface area contributed by atoms with Crippen LogP contribution >= 0.6 is 27.7 Å². The number of amidine groups is 1. The lowest BCUT2D eigenvalue weighted by Gasteiger charge is -2.07. The smallest absolute Gasteiger partial charge is 0.370 e. The van der Waals surface area contributed by atoms with E-state index in [1.165, 1.54) is 18.2 Å². The molecule has 1 aromatic carbocycles. The molecule has 0 radical (unpaired) electrons. The van der Waals surface area contributed by atoms with Crippen molar-refractivity contribution in [2.75, 3.05) is 18.8 Å².